The van der Waals surface area contributed by atoms with Gasteiger partial charge >= 0.3 is 0 Å². The summed E-state index contributed by atoms with van der Waals surface area (Å²) in [6, 6.07) is 8.94. The molecular weight excluding hydrogens is 342 g/mol. The van der Waals surface area contributed by atoms with Gasteiger partial charge in [-0.05, 0) is 24.3 Å². The Morgan fingerprint density at radius 2 is 2.12 bits per heavy atom. The highest BCUT2D eigenvalue weighted by molar-refractivity contribution is 6.29. The molecule has 1 fully saturated rings. The number of aromatic nitrogens is 4. The normalized spacial score (nSPS) is 14.6. The van der Waals surface area contributed by atoms with E-state index < -0.39 is 0 Å². The number of nitrogens with one attached hydrogen (secondary N) is 1. The van der Waals surface area contributed by atoms with Gasteiger partial charge in [-0.1, -0.05) is 22.9 Å². The summed E-state index contributed by atoms with van der Waals surface area (Å²) in [5.74, 6) is 0.601. The Kier molecular flexibility index (Phi) is 3.69. The summed E-state index contributed by atoms with van der Waals surface area (Å²) in [6.45, 7) is 1.35. The van der Waals surface area contributed by atoms with Gasteiger partial charge in [0.15, 0.2) is 0 Å². The maximum atomic E-state index is 12.5. The molecule has 0 bridgehead atoms. The van der Waals surface area contributed by atoms with Crippen molar-refractivity contribution in [2.24, 2.45) is 7.05 Å². The van der Waals surface area contributed by atoms with Crippen molar-refractivity contribution in [3.8, 4) is 0 Å². The third-order valence-electron chi connectivity index (χ3n) is 4.29. The number of nitrogens with zero attached hydrogens (tertiary/aromatic N) is 5. The predicted octanol–water partition coefficient (Wildman–Crippen LogP) is 1.22. The molecule has 8 nitrogen and oxygen atoms in total. The smallest absolute Gasteiger partial charge is 0.253 e. The van der Waals surface area contributed by atoms with Gasteiger partial charge in [-0.15, -0.1) is 5.10 Å². The lowest BCUT2D eigenvalue weighted by molar-refractivity contribution is 0.0931. The molecular formula is C16H16ClN7O. The first-order chi connectivity index (χ1) is 12.0. The Hall–Kier alpha value is -2.87. The summed E-state index contributed by atoms with van der Waals surface area (Å²) >= 11 is 5.91. The molecule has 1 aliphatic rings. The van der Waals surface area contributed by atoms with E-state index in [1.165, 1.54) is 0 Å². The van der Waals surface area contributed by atoms with E-state index >= 15 is 0 Å². The fraction of sp³-hybridized carbons (Fsp3) is 0.250. The minimum Gasteiger partial charge on any atom is -0.396 e. The molecule has 1 aliphatic heterocycles. The van der Waals surface area contributed by atoms with Crippen LogP contribution in [0.5, 0.6) is 0 Å². The Morgan fingerprint density at radius 3 is 2.88 bits per heavy atom. The van der Waals surface area contributed by atoms with Crippen LogP contribution in [-0.4, -0.2) is 45.0 Å². The molecule has 0 saturated carbocycles. The number of nitrogens with two attached hydrogens (primary N) is 1. The van der Waals surface area contributed by atoms with Gasteiger partial charge in [0, 0.05) is 20.1 Å². The average Bonchev–Trinajstić information content (AvgIpc) is 2.92. The second-order valence-electron chi connectivity index (χ2n) is 6.00. The number of carbonyl (C=O) groups excluding carboxylic acids is 1. The molecule has 4 rings (SSSR count). The van der Waals surface area contributed by atoms with Gasteiger partial charge in [-0.25, -0.2) is 9.67 Å². The zero-order chi connectivity index (χ0) is 17.6. The summed E-state index contributed by atoms with van der Waals surface area (Å²) in [5.41, 5.74) is 8.27. The lowest BCUT2D eigenvalue weighted by atomic mass is 10.1. The number of hydrogen-bond donors (Lipinski definition) is 2. The van der Waals surface area contributed by atoms with E-state index in [1.807, 2.05) is 12.1 Å². The van der Waals surface area contributed by atoms with Gasteiger partial charge in [0.25, 0.3) is 5.91 Å². The Bertz CT molecular complexity index is 964. The molecule has 128 valence electrons. The molecule has 3 aromatic rings. The molecule has 1 amide bonds. The number of hydrogen-bond acceptors (Lipinski definition) is 6. The van der Waals surface area contributed by atoms with Gasteiger partial charge in [0.1, 0.15) is 22.0 Å². The number of aryl methyl sites for hydroxylation is 1. The van der Waals surface area contributed by atoms with E-state index in [1.54, 1.807) is 29.9 Å². The second-order valence-corrected chi connectivity index (χ2v) is 6.39. The van der Waals surface area contributed by atoms with Crippen molar-refractivity contribution in [2.45, 2.75) is 6.04 Å². The summed E-state index contributed by atoms with van der Waals surface area (Å²) in [6.07, 6.45) is 0. The SMILES string of the molecule is Cn1nnc2ccc(C(=O)NC3CN(c4cccc(Cl)n4)C3)c(N)c21. The van der Waals surface area contributed by atoms with Crippen molar-refractivity contribution in [1.82, 2.24) is 25.3 Å². The summed E-state index contributed by atoms with van der Waals surface area (Å²) in [4.78, 5) is 18.9. The van der Waals surface area contributed by atoms with Crippen LogP contribution in [0.15, 0.2) is 30.3 Å². The van der Waals surface area contributed by atoms with Crippen molar-refractivity contribution in [1.29, 1.82) is 0 Å². The van der Waals surface area contributed by atoms with Crippen molar-refractivity contribution in [3.63, 3.8) is 0 Å². The topological polar surface area (TPSA) is 102 Å². The van der Waals surface area contributed by atoms with Crippen molar-refractivity contribution >= 4 is 40.0 Å². The highest BCUT2D eigenvalue weighted by Crippen LogP contribution is 2.24. The Balaban J connectivity index is 1.45. The van der Waals surface area contributed by atoms with Crippen LogP contribution in [-0.2, 0) is 7.05 Å². The number of halogens is 1. The molecule has 0 unspecified atom stereocenters. The summed E-state index contributed by atoms with van der Waals surface area (Å²) < 4.78 is 1.57. The van der Waals surface area contributed by atoms with Crippen LogP contribution >= 0.6 is 11.6 Å². The van der Waals surface area contributed by atoms with Crippen LogP contribution in [0.2, 0.25) is 5.15 Å². The maximum absolute atomic E-state index is 12.5. The van der Waals surface area contributed by atoms with Crippen molar-refractivity contribution in [2.75, 3.05) is 23.7 Å². The maximum Gasteiger partial charge on any atom is 0.253 e. The van der Waals surface area contributed by atoms with E-state index in [0.717, 1.165) is 5.82 Å². The number of nitrogen functional groups attached to an aromatic ring is 1. The van der Waals surface area contributed by atoms with Crippen LogP contribution in [0.1, 0.15) is 10.4 Å². The fourth-order valence-corrected chi connectivity index (χ4v) is 3.13. The first-order valence-corrected chi connectivity index (χ1v) is 8.17. The highest BCUT2D eigenvalue weighted by Gasteiger charge is 2.30. The van der Waals surface area contributed by atoms with Gasteiger partial charge in [0.05, 0.1) is 17.3 Å². The molecule has 9 heteroatoms. The second kappa shape index (κ2) is 5.89. The molecule has 1 saturated heterocycles. The van der Waals surface area contributed by atoms with Crippen LogP contribution in [0.25, 0.3) is 11.0 Å². The third kappa shape index (κ3) is 2.74. The van der Waals surface area contributed by atoms with Crippen LogP contribution in [0.4, 0.5) is 11.5 Å². The first-order valence-electron chi connectivity index (χ1n) is 7.79. The quantitative estimate of drug-likeness (QED) is 0.539. The van der Waals surface area contributed by atoms with E-state index in [9.17, 15) is 4.79 Å². The summed E-state index contributed by atoms with van der Waals surface area (Å²) in [5, 5.41) is 11.4. The molecule has 2 aromatic heterocycles. The van der Waals surface area contributed by atoms with E-state index in [2.05, 4.69) is 25.5 Å². The molecule has 0 radical (unpaired) electrons. The zero-order valence-electron chi connectivity index (χ0n) is 13.5. The minimum atomic E-state index is -0.204. The largest absolute Gasteiger partial charge is 0.396 e. The number of fused-ring (bicyclic) bond motifs is 1. The minimum absolute atomic E-state index is 0.0352. The Morgan fingerprint density at radius 1 is 1.32 bits per heavy atom. The number of carbonyl (C=O) groups is 1. The van der Waals surface area contributed by atoms with Crippen LogP contribution < -0.4 is 16.0 Å². The fourth-order valence-electron chi connectivity index (χ4n) is 2.97. The van der Waals surface area contributed by atoms with Crippen LogP contribution in [0.3, 0.4) is 0 Å². The van der Waals surface area contributed by atoms with Crippen molar-refractivity contribution in [3.05, 3.63) is 41.0 Å². The number of rotatable bonds is 3. The number of pyridine rings is 1. The average molecular weight is 358 g/mol. The molecule has 1 aromatic carbocycles. The van der Waals surface area contributed by atoms with Gasteiger partial charge in [-0.2, -0.15) is 0 Å². The van der Waals surface area contributed by atoms with Crippen LogP contribution in [0, 0.1) is 0 Å². The number of amides is 1. The number of anilines is 2. The van der Waals surface area contributed by atoms with Gasteiger partial charge < -0.3 is 16.0 Å². The molecule has 0 spiro atoms. The molecule has 3 heterocycles. The van der Waals surface area contributed by atoms with Gasteiger partial charge in [0.2, 0.25) is 0 Å². The molecule has 3 N–H and O–H groups in total. The van der Waals surface area contributed by atoms with E-state index in [-0.39, 0.29) is 11.9 Å². The zero-order valence-corrected chi connectivity index (χ0v) is 14.2. The molecule has 0 aliphatic carbocycles. The van der Waals surface area contributed by atoms with Crippen molar-refractivity contribution < 1.29 is 4.79 Å². The van der Waals surface area contributed by atoms with E-state index in [0.29, 0.717) is 40.5 Å². The molecule has 0 atom stereocenters. The molecule has 25 heavy (non-hydrogen) atoms. The number of benzene rings is 1. The lowest BCUT2D eigenvalue weighted by Gasteiger charge is -2.40. The first kappa shape index (κ1) is 15.6. The lowest BCUT2D eigenvalue weighted by Crippen LogP contribution is -2.59. The van der Waals surface area contributed by atoms with E-state index in [4.69, 9.17) is 17.3 Å². The Labute approximate surface area is 148 Å². The standard InChI is InChI=1S/C16H16ClN7O/c1-23-15-11(21-22-23)6-5-10(14(15)18)16(25)19-9-7-24(8-9)13-4-2-3-12(17)20-13/h2-6,9H,7-8,18H2,1H3,(H,19,25). The summed E-state index contributed by atoms with van der Waals surface area (Å²) in [7, 11) is 1.75. The highest BCUT2D eigenvalue weighted by atomic mass is 35.5. The third-order valence-corrected chi connectivity index (χ3v) is 4.50. The predicted molar refractivity (Wildman–Crippen MR) is 95.6 cm³/mol. The van der Waals surface area contributed by atoms with Gasteiger partial charge in [-0.3, -0.25) is 4.79 Å². The monoisotopic (exact) mass is 357 g/mol.